The van der Waals surface area contributed by atoms with Crippen molar-refractivity contribution in [2.45, 2.75) is 49.9 Å². The molecule has 10 N–H and O–H groups in total. The van der Waals surface area contributed by atoms with E-state index in [2.05, 4.69) is 10.6 Å². The Morgan fingerprint density at radius 3 is 1.69 bits per heavy atom. The third kappa shape index (κ3) is 10.6. The van der Waals surface area contributed by atoms with E-state index in [1.807, 2.05) is 5.32 Å². The van der Waals surface area contributed by atoms with Crippen molar-refractivity contribution in [2.75, 3.05) is 0 Å². The van der Waals surface area contributed by atoms with Crippen LogP contribution in [0, 0.1) is 0 Å². The van der Waals surface area contributed by atoms with Gasteiger partial charge in [0, 0.05) is 6.42 Å². The molecule has 1 aromatic rings. The zero-order valence-corrected chi connectivity index (χ0v) is 18.9. The first kappa shape index (κ1) is 29.5. The quantitative estimate of drug-likeness (QED) is 0.117. The summed E-state index contributed by atoms with van der Waals surface area (Å²) in [6, 6.07) is 1.79. The largest absolute Gasteiger partial charge is 0.481 e. The first-order valence-corrected chi connectivity index (χ1v) is 10.5. The highest BCUT2D eigenvalue weighted by molar-refractivity contribution is 5.97. The molecule has 196 valence electrons. The summed E-state index contributed by atoms with van der Waals surface area (Å²) < 4.78 is 0. The molecule has 0 saturated carbocycles. The maximum Gasteiger partial charge on any atom is 0.326 e. The summed E-state index contributed by atoms with van der Waals surface area (Å²) in [6.45, 7) is 0. The molecule has 4 amide bonds. The van der Waals surface area contributed by atoms with Crippen LogP contribution >= 0.6 is 0 Å². The Morgan fingerprint density at radius 1 is 0.694 bits per heavy atom. The van der Waals surface area contributed by atoms with Gasteiger partial charge in [0.2, 0.25) is 23.6 Å². The molecule has 0 saturated heterocycles. The normalized spacial score (nSPS) is 13.8. The van der Waals surface area contributed by atoms with Crippen LogP contribution in [-0.4, -0.2) is 81.0 Å². The van der Waals surface area contributed by atoms with E-state index in [4.69, 9.17) is 26.8 Å². The topological polar surface area (TPSA) is 268 Å². The average Bonchev–Trinajstić information content (AvgIpc) is 2.77. The number of carbonyl (C=O) groups is 7. The fraction of sp³-hybridized carbons (Fsp3) is 0.381. The highest BCUT2D eigenvalue weighted by Gasteiger charge is 2.32. The molecule has 4 unspecified atom stereocenters. The zero-order chi connectivity index (χ0) is 27.4. The van der Waals surface area contributed by atoms with Crippen molar-refractivity contribution in [2.24, 2.45) is 11.5 Å². The summed E-state index contributed by atoms with van der Waals surface area (Å²) in [4.78, 5) is 82.3. The van der Waals surface area contributed by atoms with Crippen molar-refractivity contribution < 1.29 is 48.9 Å². The smallest absolute Gasteiger partial charge is 0.326 e. The second-order valence-electron chi connectivity index (χ2n) is 7.68. The highest BCUT2D eigenvalue weighted by Crippen LogP contribution is 2.06. The lowest BCUT2D eigenvalue weighted by atomic mass is 10.0. The van der Waals surface area contributed by atoms with Gasteiger partial charge in [-0.25, -0.2) is 4.79 Å². The summed E-state index contributed by atoms with van der Waals surface area (Å²) in [5, 5.41) is 33.2. The van der Waals surface area contributed by atoms with Gasteiger partial charge in [-0.3, -0.25) is 28.8 Å². The van der Waals surface area contributed by atoms with Gasteiger partial charge in [-0.15, -0.1) is 0 Å². The van der Waals surface area contributed by atoms with E-state index in [9.17, 15) is 33.6 Å². The van der Waals surface area contributed by atoms with Gasteiger partial charge in [0.25, 0.3) is 0 Å². The Balaban J connectivity index is 3.13. The van der Waals surface area contributed by atoms with E-state index in [0.717, 1.165) is 0 Å². The Bertz CT molecular complexity index is 1000. The Kier molecular flexibility index (Phi) is 11.5. The number of rotatable bonds is 15. The van der Waals surface area contributed by atoms with Gasteiger partial charge in [0.05, 0.1) is 25.3 Å². The first-order valence-electron chi connectivity index (χ1n) is 10.5. The Morgan fingerprint density at radius 2 is 1.19 bits per heavy atom. The van der Waals surface area contributed by atoms with Crippen molar-refractivity contribution in [1.82, 2.24) is 16.0 Å². The zero-order valence-electron chi connectivity index (χ0n) is 18.9. The number of benzene rings is 1. The van der Waals surface area contributed by atoms with Gasteiger partial charge >= 0.3 is 17.9 Å². The van der Waals surface area contributed by atoms with Crippen LogP contribution in [0.2, 0.25) is 0 Å². The first-order chi connectivity index (χ1) is 16.8. The molecule has 0 aliphatic heterocycles. The van der Waals surface area contributed by atoms with Crippen molar-refractivity contribution in [3.63, 3.8) is 0 Å². The van der Waals surface area contributed by atoms with E-state index in [-0.39, 0.29) is 6.42 Å². The number of nitrogens with two attached hydrogens (primary N) is 2. The van der Waals surface area contributed by atoms with Crippen LogP contribution in [-0.2, 0) is 40.0 Å². The predicted molar refractivity (Wildman–Crippen MR) is 120 cm³/mol. The van der Waals surface area contributed by atoms with Crippen LogP contribution in [0.3, 0.4) is 0 Å². The molecule has 0 aliphatic carbocycles. The molecular formula is C21H27N5O10. The summed E-state index contributed by atoms with van der Waals surface area (Å²) in [5.41, 5.74) is 11.2. The molecule has 36 heavy (non-hydrogen) atoms. The molecule has 4 atom stereocenters. The van der Waals surface area contributed by atoms with Crippen LogP contribution in [0.5, 0.6) is 0 Å². The molecule has 1 aromatic carbocycles. The van der Waals surface area contributed by atoms with Crippen molar-refractivity contribution in [1.29, 1.82) is 0 Å². The number of carbonyl (C=O) groups excluding carboxylic acids is 4. The molecule has 0 heterocycles. The molecule has 1 rings (SSSR count). The molecule has 0 fully saturated rings. The molecule has 0 aliphatic rings. The lowest BCUT2D eigenvalue weighted by molar-refractivity contribution is -0.147. The van der Waals surface area contributed by atoms with Crippen LogP contribution < -0.4 is 27.4 Å². The van der Waals surface area contributed by atoms with Crippen molar-refractivity contribution in [3.8, 4) is 0 Å². The lowest BCUT2D eigenvalue weighted by Gasteiger charge is -2.24. The number of aliphatic carboxylic acids is 3. The van der Waals surface area contributed by atoms with E-state index in [1.54, 1.807) is 30.3 Å². The van der Waals surface area contributed by atoms with E-state index < -0.39 is 85.0 Å². The van der Waals surface area contributed by atoms with Gasteiger partial charge in [-0.2, -0.15) is 0 Å². The van der Waals surface area contributed by atoms with Crippen LogP contribution in [0.25, 0.3) is 0 Å². The fourth-order valence-corrected chi connectivity index (χ4v) is 2.95. The molecule has 15 nitrogen and oxygen atoms in total. The van der Waals surface area contributed by atoms with Gasteiger partial charge in [0.1, 0.15) is 18.1 Å². The van der Waals surface area contributed by atoms with Crippen LogP contribution in [0.1, 0.15) is 24.8 Å². The third-order valence-electron chi connectivity index (χ3n) is 4.68. The predicted octanol–water partition coefficient (Wildman–Crippen LogP) is -3.08. The van der Waals surface area contributed by atoms with Gasteiger partial charge in [-0.05, 0) is 5.56 Å². The van der Waals surface area contributed by atoms with Gasteiger partial charge < -0.3 is 42.7 Å². The lowest BCUT2D eigenvalue weighted by Crippen LogP contribution is -2.58. The van der Waals surface area contributed by atoms with E-state index >= 15 is 0 Å². The maximum absolute atomic E-state index is 13.0. The fourth-order valence-electron chi connectivity index (χ4n) is 2.95. The molecule has 0 bridgehead atoms. The maximum atomic E-state index is 13.0. The standard InChI is InChI=1S/C21H27N5O10/c22-11(7-16(28)29)18(32)24-12(6-10-4-2-1-3-5-10)19(33)25-13(8-15(23)27)20(34)26-14(21(35)36)9-17(30)31/h1-5,11-14H,6-9,22H2,(H2,23,27)(H,24,32)(H,25,33)(H,26,34)(H,28,29)(H,30,31)(H,35,36). The number of hydrogen-bond donors (Lipinski definition) is 8. The Hall–Kier alpha value is -4.53. The van der Waals surface area contributed by atoms with Crippen molar-refractivity contribution >= 4 is 41.5 Å². The molecule has 0 spiro atoms. The minimum Gasteiger partial charge on any atom is -0.481 e. The van der Waals surface area contributed by atoms with Crippen LogP contribution in [0.15, 0.2) is 30.3 Å². The second kappa shape index (κ2) is 14.0. The number of hydrogen-bond acceptors (Lipinski definition) is 8. The Labute approximate surface area is 204 Å². The third-order valence-corrected chi connectivity index (χ3v) is 4.68. The minimum atomic E-state index is -1.86. The molecule has 0 radical (unpaired) electrons. The SMILES string of the molecule is NC(=O)CC(NC(=O)C(Cc1ccccc1)NC(=O)C(N)CC(=O)O)C(=O)NC(CC(=O)O)C(=O)O. The van der Waals surface area contributed by atoms with Gasteiger partial charge in [0.15, 0.2) is 0 Å². The number of nitrogens with one attached hydrogen (secondary N) is 3. The molecule has 15 heteroatoms. The summed E-state index contributed by atoms with van der Waals surface area (Å²) >= 11 is 0. The van der Waals surface area contributed by atoms with E-state index in [0.29, 0.717) is 5.56 Å². The summed E-state index contributed by atoms with van der Waals surface area (Å²) in [7, 11) is 0. The van der Waals surface area contributed by atoms with Crippen LogP contribution in [0.4, 0.5) is 0 Å². The summed E-state index contributed by atoms with van der Waals surface area (Å²) in [6.07, 6.45) is -2.60. The average molecular weight is 509 g/mol. The molecular weight excluding hydrogens is 482 g/mol. The second-order valence-corrected chi connectivity index (χ2v) is 7.68. The minimum absolute atomic E-state index is 0.125. The van der Waals surface area contributed by atoms with E-state index in [1.165, 1.54) is 0 Å². The number of primary amides is 1. The number of amides is 4. The van der Waals surface area contributed by atoms with Crippen molar-refractivity contribution in [3.05, 3.63) is 35.9 Å². The highest BCUT2D eigenvalue weighted by atomic mass is 16.4. The number of carboxylic acids is 3. The summed E-state index contributed by atoms with van der Waals surface area (Å²) in [5.74, 6) is -8.78. The molecule has 0 aromatic heterocycles. The monoisotopic (exact) mass is 509 g/mol. The number of carboxylic acid groups (broad SMARTS) is 3. The van der Waals surface area contributed by atoms with Gasteiger partial charge in [-0.1, -0.05) is 30.3 Å².